The van der Waals surface area contributed by atoms with Gasteiger partial charge in [0.05, 0.1) is 17.7 Å². The van der Waals surface area contributed by atoms with Crippen LogP contribution in [-0.4, -0.2) is 30.1 Å². The number of unbranched alkanes of at least 4 members (excludes halogenated alkanes) is 3. The molecule has 9 heteroatoms. The first-order valence-corrected chi connectivity index (χ1v) is 13.1. The quantitative estimate of drug-likeness (QED) is 0.172. The standard InChI is InChI=1S/C26H34BrN3O4S/c1-4-5-6-7-15-33-21-11-8-19(9-12-21)25(32)29-30-26(35)28-24(31)20-10-13-23(22(27)17-20)34-16-14-18(2)3/h8-13,17-18H,4-7,14-16H2,1-3H3,(H,29,32)(H2,28,30,31,35). The van der Waals surface area contributed by atoms with Gasteiger partial charge in [-0.3, -0.25) is 25.8 Å². The van der Waals surface area contributed by atoms with Crippen molar-refractivity contribution in [2.45, 2.75) is 52.9 Å². The lowest BCUT2D eigenvalue weighted by atomic mass is 10.1. The van der Waals surface area contributed by atoms with Crippen LogP contribution in [0.5, 0.6) is 11.5 Å². The predicted octanol–water partition coefficient (Wildman–Crippen LogP) is 5.78. The van der Waals surface area contributed by atoms with E-state index in [2.05, 4.69) is 52.9 Å². The van der Waals surface area contributed by atoms with E-state index in [0.29, 0.717) is 40.5 Å². The summed E-state index contributed by atoms with van der Waals surface area (Å²) in [4.78, 5) is 24.8. The number of carbonyl (C=O) groups is 2. The molecule has 0 radical (unpaired) electrons. The molecule has 35 heavy (non-hydrogen) atoms. The number of hydrazine groups is 1. The maximum atomic E-state index is 12.5. The Morgan fingerprint density at radius 2 is 1.63 bits per heavy atom. The van der Waals surface area contributed by atoms with Gasteiger partial charge in [-0.25, -0.2) is 0 Å². The highest BCUT2D eigenvalue weighted by molar-refractivity contribution is 9.10. The van der Waals surface area contributed by atoms with Crippen LogP contribution in [0.15, 0.2) is 46.9 Å². The summed E-state index contributed by atoms with van der Waals surface area (Å²) < 4.78 is 12.1. The zero-order chi connectivity index (χ0) is 25.6. The molecule has 0 aliphatic carbocycles. The Morgan fingerprint density at radius 1 is 0.914 bits per heavy atom. The van der Waals surface area contributed by atoms with Crippen molar-refractivity contribution in [1.29, 1.82) is 0 Å². The van der Waals surface area contributed by atoms with Crippen LogP contribution in [0.2, 0.25) is 0 Å². The Morgan fingerprint density at radius 3 is 2.29 bits per heavy atom. The van der Waals surface area contributed by atoms with Crippen molar-refractivity contribution in [2.24, 2.45) is 5.92 Å². The Kier molecular flexibility index (Phi) is 12.6. The van der Waals surface area contributed by atoms with E-state index in [-0.39, 0.29) is 11.0 Å². The molecule has 0 aliphatic rings. The Labute approximate surface area is 221 Å². The number of hydrogen-bond acceptors (Lipinski definition) is 5. The zero-order valence-electron chi connectivity index (χ0n) is 20.5. The second-order valence-electron chi connectivity index (χ2n) is 8.47. The summed E-state index contributed by atoms with van der Waals surface area (Å²) in [6.07, 6.45) is 5.49. The Hall–Kier alpha value is -2.65. The van der Waals surface area contributed by atoms with Gasteiger partial charge in [0.1, 0.15) is 11.5 Å². The SMILES string of the molecule is CCCCCCOc1ccc(C(=O)NNC(=S)NC(=O)c2ccc(OCCC(C)C)c(Br)c2)cc1. The number of hydrogen-bond donors (Lipinski definition) is 3. The molecule has 0 spiro atoms. The number of halogens is 1. The van der Waals surface area contributed by atoms with E-state index < -0.39 is 5.91 Å². The molecule has 0 atom stereocenters. The van der Waals surface area contributed by atoms with Crippen LogP contribution in [0.4, 0.5) is 0 Å². The topological polar surface area (TPSA) is 88.7 Å². The predicted molar refractivity (Wildman–Crippen MR) is 146 cm³/mol. The van der Waals surface area contributed by atoms with E-state index in [1.54, 1.807) is 42.5 Å². The number of carbonyl (C=O) groups excluding carboxylic acids is 2. The second kappa shape index (κ2) is 15.4. The molecule has 0 saturated carbocycles. The van der Waals surface area contributed by atoms with E-state index in [4.69, 9.17) is 21.7 Å². The van der Waals surface area contributed by atoms with Crippen molar-refractivity contribution in [3.05, 3.63) is 58.1 Å². The molecule has 0 aliphatic heterocycles. The molecule has 2 aromatic carbocycles. The molecule has 0 aromatic heterocycles. The lowest BCUT2D eigenvalue weighted by molar-refractivity contribution is 0.0934. The summed E-state index contributed by atoms with van der Waals surface area (Å²) in [5.41, 5.74) is 5.86. The number of rotatable bonds is 12. The van der Waals surface area contributed by atoms with Crippen LogP contribution >= 0.6 is 28.1 Å². The molecular weight excluding hydrogens is 530 g/mol. The molecule has 190 valence electrons. The first-order chi connectivity index (χ1) is 16.8. The average Bonchev–Trinajstić information content (AvgIpc) is 2.83. The molecule has 0 saturated heterocycles. The minimum Gasteiger partial charge on any atom is -0.494 e. The van der Waals surface area contributed by atoms with Crippen LogP contribution in [0, 0.1) is 5.92 Å². The molecule has 0 heterocycles. The van der Waals surface area contributed by atoms with E-state index >= 15 is 0 Å². The van der Waals surface area contributed by atoms with Gasteiger partial charge in [0.25, 0.3) is 11.8 Å². The molecule has 7 nitrogen and oxygen atoms in total. The molecule has 0 fully saturated rings. The lowest BCUT2D eigenvalue weighted by Gasteiger charge is -2.13. The Balaban J connectivity index is 1.77. The van der Waals surface area contributed by atoms with Crippen molar-refractivity contribution in [2.75, 3.05) is 13.2 Å². The minimum atomic E-state index is -0.411. The molecule has 2 aromatic rings. The monoisotopic (exact) mass is 563 g/mol. The molecule has 3 N–H and O–H groups in total. The number of benzene rings is 2. The summed E-state index contributed by atoms with van der Waals surface area (Å²) in [5.74, 6) is 1.14. The van der Waals surface area contributed by atoms with E-state index in [1.165, 1.54) is 12.8 Å². The van der Waals surface area contributed by atoms with Gasteiger partial charge in [-0.15, -0.1) is 0 Å². The minimum absolute atomic E-state index is 0.0243. The van der Waals surface area contributed by atoms with Crippen LogP contribution in [0.25, 0.3) is 0 Å². The maximum Gasteiger partial charge on any atom is 0.269 e. The van der Waals surface area contributed by atoms with Gasteiger partial charge in [-0.05, 0) is 89.4 Å². The first-order valence-electron chi connectivity index (χ1n) is 11.9. The van der Waals surface area contributed by atoms with Gasteiger partial charge in [0.2, 0.25) is 0 Å². The second-order valence-corrected chi connectivity index (χ2v) is 9.73. The zero-order valence-corrected chi connectivity index (χ0v) is 22.9. The molecule has 2 amide bonds. The van der Waals surface area contributed by atoms with Crippen LogP contribution < -0.4 is 25.6 Å². The highest BCUT2D eigenvalue weighted by Gasteiger charge is 2.12. The van der Waals surface area contributed by atoms with Crippen molar-refractivity contribution in [3.8, 4) is 11.5 Å². The molecule has 2 rings (SSSR count). The first kappa shape index (κ1) is 28.6. The van der Waals surface area contributed by atoms with E-state index in [1.807, 2.05) is 0 Å². The number of ether oxygens (including phenoxy) is 2. The number of thiocarbonyl (C=S) groups is 1. The van der Waals surface area contributed by atoms with Gasteiger partial charge in [0, 0.05) is 11.1 Å². The van der Waals surface area contributed by atoms with Gasteiger partial charge in [-0.1, -0.05) is 40.0 Å². The van der Waals surface area contributed by atoms with Crippen molar-refractivity contribution in [1.82, 2.24) is 16.2 Å². The fourth-order valence-electron chi connectivity index (χ4n) is 2.98. The number of amides is 2. The summed E-state index contributed by atoms with van der Waals surface area (Å²) >= 11 is 8.56. The summed E-state index contributed by atoms with van der Waals surface area (Å²) in [6.45, 7) is 7.69. The van der Waals surface area contributed by atoms with Crippen molar-refractivity contribution >= 4 is 45.1 Å². The highest BCUT2D eigenvalue weighted by atomic mass is 79.9. The lowest BCUT2D eigenvalue weighted by Crippen LogP contribution is -2.48. The molecule has 0 bridgehead atoms. The fourth-order valence-corrected chi connectivity index (χ4v) is 3.61. The Bertz CT molecular complexity index is 983. The summed E-state index contributed by atoms with van der Waals surface area (Å²) in [5, 5.41) is 2.52. The van der Waals surface area contributed by atoms with Gasteiger partial charge < -0.3 is 9.47 Å². The molecular formula is C26H34BrN3O4S. The van der Waals surface area contributed by atoms with E-state index in [9.17, 15) is 9.59 Å². The van der Waals surface area contributed by atoms with Crippen LogP contribution in [-0.2, 0) is 0 Å². The maximum absolute atomic E-state index is 12.5. The average molecular weight is 565 g/mol. The smallest absolute Gasteiger partial charge is 0.269 e. The molecule has 0 unspecified atom stereocenters. The van der Waals surface area contributed by atoms with Crippen LogP contribution in [0.1, 0.15) is 73.6 Å². The summed E-state index contributed by atoms with van der Waals surface area (Å²) in [7, 11) is 0. The third-order valence-corrected chi connectivity index (χ3v) is 5.87. The van der Waals surface area contributed by atoms with Gasteiger partial charge in [0.15, 0.2) is 5.11 Å². The fraction of sp³-hybridized carbons (Fsp3) is 0.423. The van der Waals surface area contributed by atoms with Crippen molar-refractivity contribution in [3.63, 3.8) is 0 Å². The van der Waals surface area contributed by atoms with E-state index in [0.717, 1.165) is 25.0 Å². The highest BCUT2D eigenvalue weighted by Crippen LogP contribution is 2.26. The summed E-state index contributed by atoms with van der Waals surface area (Å²) in [6, 6.07) is 11.9. The largest absolute Gasteiger partial charge is 0.494 e. The third kappa shape index (κ3) is 10.7. The van der Waals surface area contributed by atoms with Crippen LogP contribution in [0.3, 0.4) is 0 Å². The third-order valence-electron chi connectivity index (χ3n) is 5.05. The van der Waals surface area contributed by atoms with Gasteiger partial charge in [-0.2, -0.15) is 0 Å². The van der Waals surface area contributed by atoms with Crippen molar-refractivity contribution < 1.29 is 19.1 Å². The normalized spacial score (nSPS) is 10.5. The van der Waals surface area contributed by atoms with Gasteiger partial charge >= 0.3 is 0 Å². The number of nitrogens with one attached hydrogen (secondary N) is 3.